The van der Waals surface area contributed by atoms with Gasteiger partial charge in [0.1, 0.15) is 5.60 Å². The van der Waals surface area contributed by atoms with Crippen molar-refractivity contribution in [1.82, 2.24) is 9.55 Å². The first kappa shape index (κ1) is 15.8. The van der Waals surface area contributed by atoms with Crippen molar-refractivity contribution in [3.05, 3.63) is 32.9 Å². The fourth-order valence-corrected chi connectivity index (χ4v) is 2.55. The van der Waals surface area contributed by atoms with Gasteiger partial charge in [-0.15, -0.1) is 0 Å². The third kappa shape index (κ3) is 2.52. The Labute approximate surface area is 117 Å². The Morgan fingerprint density at radius 3 is 2.71 bits per heavy atom. The molecule has 0 aromatic carbocycles. The summed E-state index contributed by atoms with van der Waals surface area (Å²) >= 11 is 0. The Bertz CT molecular complexity index is 631. The van der Waals surface area contributed by atoms with Gasteiger partial charge in [0.05, 0.1) is 12.8 Å². The van der Waals surface area contributed by atoms with Gasteiger partial charge in [-0.1, -0.05) is 6.92 Å². The van der Waals surface area contributed by atoms with E-state index >= 15 is 0 Å². The Balaban J connectivity index is 2.45. The predicted molar refractivity (Wildman–Crippen MR) is 67.0 cm³/mol. The maximum absolute atomic E-state index is 14.4. The van der Waals surface area contributed by atoms with Crippen molar-refractivity contribution in [2.24, 2.45) is 5.92 Å². The number of aromatic amines is 1. The predicted octanol–water partition coefficient (Wildman–Crippen LogP) is -0.708. The zero-order chi connectivity index (χ0) is 15.8. The van der Waals surface area contributed by atoms with E-state index in [0.29, 0.717) is 10.8 Å². The van der Waals surface area contributed by atoms with Gasteiger partial charge < -0.3 is 14.9 Å². The lowest BCUT2D eigenvalue weighted by Gasteiger charge is -2.30. The Hall–Kier alpha value is -1.58. The summed E-state index contributed by atoms with van der Waals surface area (Å²) in [6.45, 7) is 0.551. The minimum absolute atomic E-state index is 0.0395. The molecule has 9 heteroatoms. The number of halogens is 2. The maximum atomic E-state index is 14.4. The summed E-state index contributed by atoms with van der Waals surface area (Å²) < 4.78 is 33.7. The fourth-order valence-electron chi connectivity index (χ4n) is 2.55. The van der Waals surface area contributed by atoms with E-state index in [-0.39, 0.29) is 13.0 Å². The van der Waals surface area contributed by atoms with Crippen molar-refractivity contribution in [2.45, 2.75) is 31.3 Å². The van der Waals surface area contributed by atoms with E-state index in [9.17, 15) is 23.5 Å². The van der Waals surface area contributed by atoms with Crippen LogP contribution in [0.3, 0.4) is 0 Å². The second-order valence-electron chi connectivity index (χ2n) is 5.08. The third-order valence-electron chi connectivity index (χ3n) is 3.94. The first-order valence-electron chi connectivity index (χ1n) is 6.41. The molecule has 118 valence electrons. The number of alkyl halides is 1. The van der Waals surface area contributed by atoms with Crippen LogP contribution in [0.1, 0.15) is 19.6 Å². The molecule has 0 bridgehead atoms. The van der Waals surface area contributed by atoms with Gasteiger partial charge in [-0.25, -0.2) is 9.18 Å². The molecule has 4 atom stereocenters. The summed E-state index contributed by atoms with van der Waals surface area (Å²) in [4.78, 5) is 24.4. The first-order valence-corrected chi connectivity index (χ1v) is 6.41. The number of aromatic nitrogens is 2. The average molecular weight is 306 g/mol. The van der Waals surface area contributed by atoms with Crippen LogP contribution >= 0.6 is 0 Å². The van der Waals surface area contributed by atoms with Crippen molar-refractivity contribution in [3.8, 4) is 0 Å². The average Bonchev–Trinajstić information content (AvgIpc) is 2.69. The standard InChI is InChI=1S/C12H16F2N2O5/c1-6-8(14)10(21-12(6,5-18)2-3-17)16-4-7(13)9(19)15-11(16)20/h4,6,8,10,17-18H,2-3,5H2,1H3,(H,15,19,20)/t6-,8-,10+,12+/m0/s1. The third-order valence-corrected chi connectivity index (χ3v) is 3.94. The number of hydrogen-bond acceptors (Lipinski definition) is 5. The van der Waals surface area contributed by atoms with E-state index in [2.05, 4.69) is 0 Å². The number of aliphatic hydroxyl groups is 2. The number of nitrogens with one attached hydrogen (secondary N) is 1. The van der Waals surface area contributed by atoms with Gasteiger partial charge in [0.15, 0.2) is 12.4 Å². The Morgan fingerprint density at radius 2 is 2.14 bits per heavy atom. The minimum atomic E-state index is -1.72. The summed E-state index contributed by atoms with van der Waals surface area (Å²) in [6.07, 6.45) is -2.68. The molecule has 7 nitrogen and oxygen atoms in total. The highest BCUT2D eigenvalue weighted by atomic mass is 19.1. The van der Waals surface area contributed by atoms with Crippen molar-refractivity contribution >= 4 is 0 Å². The molecule has 1 aromatic heterocycles. The molecule has 2 rings (SSSR count). The Kier molecular flexibility index (Phi) is 4.26. The molecule has 0 amide bonds. The molecular formula is C12H16F2N2O5. The number of rotatable bonds is 4. The molecule has 1 saturated heterocycles. The van der Waals surface area contributed by atoms with E-state index in [0.717, 1.165) is 0 Å². The summed E-state index contributed by atoms with van der Waals surface area (Å²) in [5, 5.41) is 18.5. The highest BCUT2D eigenvalue weighted by molar-refractivity contribution is 5.00. The van der Waals surface area contributed by atoms with Crippen LogP contribution in [-0.2, 0) is 4.74 Å². The summed E-state index contributed by atoms with van der Waals surface area (Å²) in [5.74, 6) is -2.08. The zero-order valence-electron chi connectivity index (χ0n) is 11.3. The highest BCUT2D eigenvalue weighted by Gasteiger charge is 2.53. The summed E-state index contributed by atoms with van der Waals surface area (Å²) in [7, 11) is 0. The van der Waals surface area contributed by atoms with E-state index in [1.165, 1.54) is 6.92 Å². The molecule has 21 heavy (non-hydrogen) atoms. The topological polar surface area (TPSA) is 105 Å². The lowest BCUT2D eigenvalue weighted by atomic mass is 9.86. The van der Waals surface area contributed by atoms with Crippen LogP contribution in [0.5, 0.6) is 0 Å². The van der Waals surface area contributed by atoms with E-state index < -0.39 is 47.6 Å². The molecular weight excluding hydrogens is 290 g/mol. The quantitative estimate of drug-likeness (QED) is 0.682. The molecule has 1 aliphatic heterocycles. The van der Waals surface area contributed by atoms with Crippen LogP contribution in [0, 0.1) is 11.7 Å². The van der Waals surface area contributed by atoms with Gasteiger partial charge in [0.25, 0.3) is 5.56 Å². The maximum Gasteiger partial charge on any atom is 0.330 e. The smallest absolute Gasteiger partial charge is 0.330 e. The van der Waals surface area contributed by atoms with Crippen molar-refractivity contribution < 1.29 is 23.7 Å². The van der Waals surface area contributed by atoms with Crippen LogP contribution < -0.4 is 11.2 Å². The van der Waals surface area contributed by atoms with Crippen LogP contribution in [0.15, 0.2) is 15.8 Å². The van der Waals surface area contributed by atoms with Crippen molar-refractivity contribution in [2.75, 3.05) is 13.2 Å². The molecule has 2 heterocycles. The molecule has 0 spiro atoms. The van der Waals surface area contributed by atoms with Crippen molar-refractivity contribution in [1.29, 1.82) is 0 Å². The molecule has 1 aromatic rings. The second kappa shape index (κ2) is 5.66. The van der Waals surface area contributed by atoms with Gasteiger partial charge in [-0.3, -0.25) is 14.3 Å². The molecule has 0 radical (unpaired) electrons. The van der Waals surface area contributed by atoms with Gasteiger partial charge in [-0.05, 0) is 0 Å². The minimum Gasteiger partial charge on any atom is -0.396 e. The largest absolute Gasteiger partial charge is 0.396 e. The number of aliphatic hydroxyl groups excluding tert-OH is 2. The monoisotopic (exact) mass is 306 g/mol. The van der Waals surface area contributed by atoms with Gasteiger partial charge in [-0.2, -0.15) is 4.39 Å². The van der Waals surface area contributed by atoms with Crippen LogP contribution in [0.4, 0.5) is 8.78 Å². The molecule has 3 N–H and O–H groups in total. The van der Waals surface area contributed by atoms with Gasteiger partial charge in [0, 0.05) is 18.9 Å². The zero-order valence-corrected chi connectivity index (χ0v) is 11.3. The normalized spacial score (nSPS) is 32.5. The van der Waals surface area contributed by atoms with Crippen molar-refractivity contribution in [3.63, 3.8) is 0 Å². The van der Waals surface area contributed by atoms with Gasteiger partial charge >= 0.3 is 5.69 Å². The van der Waals surface area contributed by atoms with E-state index in [1.807, 2.05) is 0 Å². The molecule has 1 fully saturated rings. The lowest BCUT2D eigenvalue weighted by Crippen LogP contribution is -2.41. The second-order valence-corrected chi connectivity index (χ2v) is 5.08. The Morgan fingerprint density at radius 1 is 1.48 bits per heavy atom. The molecule has 1 aliphatic rings. The fraction of sp³-hybridized carbons (Fsp3) is 0.667. The first-order chi connectivity index (χ1) is 9.86. The molecule has 0 saturated carbocycles. The summed E-state index contributed by atoms with van der Waals surface area (Å²) in [5.41, 5.74) is -3.59. The highest BCUT2D eigenvalue weighted by Crippen LogP contribution is 2.44. The number of hydrogen-bond donors (Lipinski definition) is 3. The molecule has 0 aliphatic carbocycles. The van der Waals surface area contributed by atoms with Crippen LogP contribution in [-0.4, -0.2) is 44.8 Å². The van der Waals surface area contributed by atoms with E-state index in [1.54, 1.807) is 4.98 Å². The number of H-pyrrole nitrogens is 1. The SMILES string of the molecule is C[C@H]1[C@H](F)[C@H](n2cc(F)c(=O)[nH]c2=O)O[C@@]1(CO)CCO. The van der Waals surface area contributed by atoms with E-state index in [4.69, 9.17) is 9.84 Å². The van der Waals surface area contributed by atoms with Crippen LogP contribution in [0.2, 0.25) is 0 Å². The molecule has 0 unspecified atom stereocenters. The lowest BCUT2D eigenvalue weighted by molar-refractivity contribution is -0.123. The van der Waals surface area contributed by atoms with Crippen LogP contribution in [0.25, 0.3) is 0 Å². The number of nitrogens with zero attached hydrogens (tertiary/aromatic N) is 1. The van der Waals surface area contributed by atoms with Gasteiger partial charge in [0.2, 0.25) is 5.82 Å². The number of ether oxygens (including phenoxy) is 1. The summed E-state index contributed by atoms with van der Waals surface area (Å²) in [6, 6.07) is 0.